The molecule has 2 atom stereocenters. The Labute approximate surface area is 109 Å². The number of hydrogen-bond donors (Lipinski definition) is 2. The number of ether oxygens (including phenoxy) is 1. The molecule has 1 amide bonds. The minimum absolute atomic E-state index is 0.00595. The second-order valence-corrected chi connectivity index (χ2v) is 4.68. The molecule has 1 aliphatic rings. The molecule has 0 saturated carbocycles. The molecule has 2 rings (SSSR count). The standard InChI is InChI=1S/C13H15F2NO3/c1-8-13(18,4-5-19-8)7-16-12(17)9-2-3-10(14)11(15)6-9/h2-3,6,8,18H,4-5,7H2,1H3,(H,16,17). The van der Waals surface area contributed by atoms with Gasteiger partial charge in [0, 0.05) is 25.1 Å². The lowest BCUT2D eigenvalue weighted by molar-refractivity contribution is -0.0251. The van der Waals surface area contributed by atoms with E-state index in [0.29, 0.717) is 13.0 Å². The van der Waals surface area contributed by atoms with Gasteiger partial charge in [0.2, 0.25) is 0 Å². The number of carbonyl (C=O) groups excluding carboxylic acids is 1. The maximum atomic E-state index is 13.0. The van der Waals surface area contributed by atoms with Crippen molar-refractivity contribution in [2.75, 3.05) is 13.2 Å². The smallest absolute Gasteiger partial charge is 0.251 e. The molecule has 0 radical (unpaired) electrons. The average molecular weight is 271 g/mol. The van der Waals surface area contributed by atoms with Crippen molar-refractivity contribution in [1.82, 2.24) is 5.32 Å². The lowest BCUT2D eigenvalue weighted by atomic mass is 9.96. The van der Waals surface area contributed by atoms with Gasteiger partial charge in [0.1, 0.15) is 5.60 Å². The lowest BCUT2D eigenvalue weighted by Crippen LogP contribution is -2.47. The molecule has 2 N–H and O–H groups in total. The van der Waals surface area contributed by atoms with Crippen LogP contribution in [0.5, 0.6) is 0 Å². The number of hydrogen-bond acceptors (Lipinski definition) is 3. The van der Waals surface area contributed by atoms with E-state index in [9.17, 15) is 18.7 Å². The van der Waals surface area contributed by atoms with Crippen LogP contribution in [0.1, 0.15) is 23.7 Å². The Bertz CT molecular complexity index is 495. The molecule has 1 aromatic rings. The predicted octanol–water partition coefficient (Wildman–Crippen LogP) is 1.23. The molecule has 2 unspecified atom stereocenters. The van der Waals surface area contributed by atoms with E-state index in [0.717, 1.165) is 12.1 Å². The summed E-state index contributed by atoms with van der Waals surface area (Å²) in [5.74, 6) is -2.65. The van der Waals surface area contributed by atoms with Gasteiger partial charge in [0.05, 0.1) is 6.10 Å². The molecule has 0 spiro atoms. The number of amides is 1. The van der Waals surface area contributed by atoms with Crippen LogP contribution in [-0.2, 0) is 4.74 Å². The summed E-state index contributed by atoms with van der Waals surface area (Å²) in [5.41, 5.74) is -1.11. The van der Waals surface area contributed by atoms with E-state index in [-0.39, 0.29) is 18.2 Å². The lowest BCUT2D eigenvalue weighted by Gasteiger charge is -2.26. The molecule has 104 valence electrons. The van der Waals surface area contributed by atoms with E-state index in [1.54, 1.807) is 6.92 Å². The van der Waals surface area contributed by atoms with Crippen molar-refractivity contribution in [2.45, 2.75) is 25.0 Å². The monoisotopic (exact) mass is 271 g/mol. The van der Waals surface area contributed by atoms with Crippen LogP contribution >= 0.6 is 0 Å². The minimum atomic E-state index is -1.12. The Kier molecular flexibility index (Phi) is 3.82. The summed E-state index contributed by atoms with van der Waals surface area (Å²) in [6.07, 6.45) is 0.0458. The number of nitrogens with one attached hydrogen (secondary N) is 1. The molecule has 1 aromatic carbocycles. The summed E-state index contributed by atoms with van der Waals surface area (Å²) in [5, 5.41) is 12.7. The van der Waals surface area contributed by atoms with E-state index < -0.39 is 23.1 Å². The van der Waals surface area contributed by atoms with E-state index in [1.807, 2.05) is 0 Å². The molecule has 0 aliphatic carbocycles. The number of rotatable bonds is 3. The first-order chi connectivity index (χ1) is 8.92. The van der Waals surface area contributed by atoms with Gasteiger partial charge in [-0.1, -0.05) is 0 Å². The summed E-state index contributed by atoms with van der Waals surface area (Å²) in [6.45, 7) is 2.15. The number of carbonyl (C=O) groups is 1. The summed E-state index contributed by atoms with van der Waals surface area (Å²) in [4.78, 5) is 11.8. The molecule has 19 heavy (non-hydrogen) atoms. The summed E-state index contributed by atoms with van der Waals surface area (Å²) >= 11 is 0. The van der Waals surface area contributed by atoms with Crippen LogP contribution in [0.2, 0.25) is 0 Å². The van der Waals surface area contributed by atoms with Gasteiger partial charge in [-0.15, -0.1) is 0 Å². The van der Waals surface area contributed by atoms with Crippen molar-refractivity contribution in [3.63, 3.8) is 0 Å². The molecule has 0 aromatic heterocycles. The Morgan fingerprint density at radius 1 is 1.53 bits per heavy atom. The highest BCUT2D eigenvalue weighted by molar-refractivity contribution is 5.94. The SMILES string of the molecule is CC1OCCC1(O)CNC(=O)c1ccc(F)c(F)c1. The highest BCUT2D eigenvalue weighted by Crippen LogP contribution is 2.24. The summed E-state index contributed by atoms with van der Waals surface area (Å²) < 4.78 is 31.0. The summed E-state index contributed by atoms with van der Waals surface area (Å²) in [7, 11) is 0. The van der Waals surface area contributed by atoms with Crippen molar-refractivity contribution in [3.8, 4) is 0 Å². The number of aliphatic hydroxyl groups is 1. The van der Waals surface area contributed by atoms with Gasteiger partial charge in [-0.2, -0.15) is 0 Å². The van der Waals surface area contributed by atoms with E-state index in [2.05, 4.69) is 5.32 Å². The third-order valence-electron chi connectivity index (χ3n) is 3.40. The van der Waals surface area contributed by atoms with Crippen molar-refractivity contribution >= 4 is 5.91 Å². The Morgan fingerprint density at radius 3 is 2.84 bits per heavy atom. The maximum Gasteiger partial charge on any atom is 0.251 e. The molecule has 1 aliphatic heterocycles. The quantitative estimate of drug-likeness (QED) is 0.869. The van der Waals surface area contributed by atoms with Crippen molar-refractivity contribution in [1.29, 1.82) is 0 Å². The zero-order valence-corrected chi connectivity index (χ0v) is 10.5. The van der Waals surface area contributed by atoms with Gasteiger partial charge in [-0.25, -0.2) is 8.78 Å². The van der Waals surface area contributed by atoms with Crippen LogP contribution in [-0.4, -0.2) is 35.9 Å². The fraction of sp³-hybridized carbons (Fsp3) is 0.462. The largest absolute Gasteiger partial charge is 0.385 e. The predicted molar refractivity (Wildman–Crippen MR) is 63.7 cm³/mol. The van der Waals surface area contributed by atoms with Gasteiger partial charge >= 0.3 is 0 Å². The topological polar surface area (TPSA) is 58.6 Å². The van der Waals surface area contributed by atoms with Crippen molar-refractivity contribution in [3.05, 3.63) is 35.4 Å². The van der Waals surface area contributed by atoms with Gasteiger partial charge in [-0.3, -0.25) is 4.79 Å². The van der Waals surface area contributed by atoms with Gasteiger partial charge in [0.15, 0.2) is 11.6 Å². The van der Waals surface area contributed by atoms with Crippen LogP contribution in [0.25, 0.3) is 0 Å². The van der Waals surface area contributed by atoms with Crippen LogP contribution in [0.3, 0.4) is 0 Å². The third kappa shape index (κ3) is 2.90. The van der Waals surface area contributed by atoms with Gasteiger partial charge < -0.3 is 15.2 Å². The highest BCUT2D eigenvalue weighted by atomic mass is 19.2. The fourth-order valence-electron chi connectivity index (χ4n) is 1.98. The molecule has 1 heterocycles. The van der Waals surface area contributed by atoms with Crippen molar-refractivity contribution in [2.24, 2.45) is 0 Å². The Morgan fingerprint density at radius 2 is 2.26 bits per heavy atom. The van der Waals surface area contributed by atoms with Crippen LogP contribution < -0.4 is 5.32 Å². The van der Waals surface area contributed by atoms with E-state index >= 15 is 0 Å². The first-order valence-corrected chi connectivity index (χ1v) is 5.99. The van der Waals surface area contributed by atoms with Gasteiger partial charge in [0.25, 0.3) is 5.91 Å². The second-order valence-electron chi connectivity index (χ2n) is 4.68. The van der Waals surface area contributed by atoms with E-state index in [4.69, 9.17) is 4.74 Å². The highest BCUT2D eigenvalue weighted by Gasteiger charge is 2.39. The van der Waals surface area contributed by atoms with Crippen molar-refractivity contribution < 1.29 is 23.4 Å². The van der Waals surface area contributed by atoms with Crippen LogP contribution in [0.15, 0.2) is 18.2 Å². The minimum Gasteiger partial charge on any atom is -0.385 e. The molecular weight excluding hydrogens is 256 g/mol. The number of halogens is 2. The average Bonchev–Trinajstić information content (AvgIpc) is 2.71. The zero-order chi connectivity index (χ0) is 14.0. The first kappa shape index (κ1) is 13.9. The molecule has 6 heteroatoms. The first-order valence-electron chi connectivity index (χ1n) is 5.99. The summed E-state index contributed by atoms with van der Waals surface area (Å²) in [6, 6.07) is 2.90. The maximum absolute atomic E-state index is 13.0. The van der Waals surface area contributed by atoms with E-state index in [1.165, 1.54) is 6.07 Å². The Hall–Kier alpha value is -1.53. The molecule has 1 saturated heterocycles. The molecule has 0 bridgehead atoms. The normalized spacial score (nSPS) is 26.4. The van der Waals surface area contributed by atoms with Crippen LogP contribution in [0, 0.1) is 11.6 Å². The Balaban J connectivity index is 1.99. The second kappa shape index (κ2) is 5.22. The molecular formula is C13H15F2NO3. The zero-order valence-electron chi connectivity index (χ0n) is 10.5. The number of benzene rings is 1. The fourth-order valence-corrected chi connectivity index (χ4v) is 1.98. The van der Waals surface area contributed by atoms with Crippen LogP contribution in [0.4, 0.5) is 8.78 Å². The van der Waals surface area contributed by atoms with Gasteiger partial charge in [-0.05, 0) is 25.1 Å². The molecule has 1 fully saturated rings. The molecule has 4 nitrogen and oxygen atoms in total. The third-order valence-corrected chi connectivity index (χ3v) is 3.40.